The fourth-order valence-electron chi connectivity index (χ4n) is 2.14. The first kappa shape index (κ1) is 18.8. The number of halogens is 1. The first-order valence-electron chi connectivity index (χ1n) is 7.30. The van der Waals surface area contributed by atoms with Gasteiger partial charge in [0, 0.05) is 18.2 Å². The Kier molecular flexibility index (Phi) is 5.78. The number of nitrogens with zero attached hydrogens (tertiary/aromatic N) is 2. The highest BCUT2D eigenvalue weighted by Crippen LogP contribution is 2.11. The summed E-state index contributed by atoms with van der Waals surface area (Å²) in [6.45, 7) is -0.710. The maximum absolute atomic E-state index is 13.5. The molecule has 0 bridgehead atoms. The van der Waals surface area contributed by atoms with Crippen molar-refractivity contribution in [3.05, 3.63) is 73.9 Å². The van der Waals surface area contributed by atoms with Gasteiger partial charge in [0.1, 0.15) is 17.9 Å². The molecule has 0 saturated heterocycles. The van der Waals surface area contributed by atoms with Crippen LogP contribution in [0.25, 0.3) is 0 Å². The van der Waals surface area contributed by atoms with Crippen molar-refractivity contribution in [2.45, 2.75) is 13.1 Å². The third-order valence-electron chi connectivity index (χ3n) is 3.44. The summed E-state index contributed by atoms with van der Waals surface area (Å²) in [4.78, 5) is 46.0. The van der Waals surface area contributed by atoms with E-state index >= 15 is 0 Å². The summed E-state index contributed by atoms with van der Waals surface area (Å²) in [6, 6.07) is 6.58. The van der Waals surface area contributed by atoms with Crippen molar-refractivity contribution in [2.75, 3.05) is 7.11 Å². The van der Waals surface area contributed by atoms with Gasteiger partial charge < -0.3 is 10.1 Å². The highest BCUT2D eigenvalue weighted by molar-refractivity contribution is 5.89. The third-order valence-corrected chi connectivity index (χ3v) is 3.44. The second-order valence-electron chi connectivity index (χ2n) is 5.16. The van der Waals surface area contributed by atoms with E-state index < -0.39 is 46.0 Å². The molecule has 9 nitrogen and oxygen atoms in total. The molecule has 2 aromatic rings. The zero-order valence-electron chi connectivity index (χ0n) is 13.6. The molecular weight excluding hydrogens is 349 g/mol. The number of amides is 1. The van der Waals surface area contributed by atoms with Gasteiger partial charge in [-0.15, -0.1) is 0 Å². The van der Waals surface area contributed by atoms with Gasteiger partial charge in [-0.25, -0.2) is 9.18 Å². The van der Waals surface area contributed by atoms with Crippen molar-refractivity contribution in [1.29, 1.82) is 0 Å². The van der Waals surface area contributed by atoms with Crippen LogP contribution in [-0.2, 0) is 22.6 Å². The minimum absolute atomic E-state index is 0.126. The number of aromatic nitrogens is 1. The van der Waals surface area contributed by atoms with E-state index in [1.54, 1.807) is 6.07 Å². The van der Waals surface area contributed by atoms with Crippen molar-refractivity contribution >= 4 is 17.6 Å². The molecule has 0 fully saturated rings. The van der Waals surface area contributed by atoms with E-state index in [2.05, 4.69) is 10.1 Å². The average molecular weight is 363 g/mol. The fraction of sp³-hybridized carbons (Fsp3) is 0.188. The molecule has 0 radical (unpaired) electrons. The van der Waals surface area contributed by atoms with Crippen LogP contribution in [0.15, 0.2) is 41.3 Å². The van der Waals surface area contributed by atoms with Gasteiger partial charge in [-0.2, -0.15) is 0 Å². The van der Waals surface area contributed by atoms with Gasteiger partial charge >= 0.3 is 5.97 Å². The molecule has 1 N–H and O–H groups in total. The lowest BCUT2D eigenvalue weighted by Crippen LogP contribution is -2.34. The largest absolute Gasteiger partial charge is 0.465 e. The fourth-order valence-corrected chi connectivity index (χ4v) is 2.14. The molecule has 0 atom stereocenters. The molecule has 0 spiro atoms. The molecule has 26 heavy (non-hydrogen) atoms. The first-order chi connectivity index (χ1) is 12.3. The van der Waals surface area contributed by atoms with E-state index in [0.29, 0.717) is 0 Å². The Balaban J connectivity index is 2.22. The summed E-state index contributed by atoms with van der Waals surface area (Å²) in [7, 11) is 1.02. The Morgan fingerprint density at radius 2 is 2.04 bits per heavy atom. The maximum Gasteiger partial charge on any atom is 0.343 e. The zero-order valence-corrected chi connectivity index (χ0v) is 13.6. The molecule has 0 aliphatic rings. The van der Waals surface area contributed by atoms with Crippen LogP contribution >= 0.6 is 0 Å². The van der Waals surface area contributed by atoms with Gasteiger partial charge in [0.25, 0.3) is 11.2 Å². The molecule has 1 aromatic heterocycles. The lowest BCUT2D eigenvalue weighted by molar-refractivity contribution is -0.385. The molecule has 136 valence electrons. The molecule has 2 rings (SSSR count). The lowest BCUT2D eigenvalue weighted by atomic mass is 10.2. The van der Waals surface area contributed by atoms with Crippen molar-refractivity contribution in [1.82, 2.24) is 9.88 Å². The summed E-state index contributed by atoms with van der Waals surface area (Å²) >= 11 is 0. The van der Waals surface area contributed by atoms with Crippen LogP contribution in [0, 0.1) is 15.9 Å². The number of methoxy groups -OCH3 is 1. The summed E-state index contributed by atoms with van der Waals surface area (Å²) in [6.07, 6.45) is 0.845. The number of ether oxygens (including phenoxy) is 1. The van der Waals surface area contributed by atoms with Gasteiger partial charge in [0.2, 0.25) is 5.91 Å². The number of carbonyl (C=O) groups excluding carboxylic acids is 2. The summed E-state index contributed by atoms with van der Waals surface area (Å²) in [5, 5.41) is 13.4. The van der Waals surface area contributed by atoms with Crippen LogP contribution in [0.4, 0.5) is 10.1 Å². The molecule has 0 saturated carbocycles. The molecule has 1 heterocycles. The van der Waals surface area contributed by atoms with E-state index in [9.17, 15) is 28.9 Å². The van der Waals surface area contributed by atoms with Gasteiger partial charge in [-0.1, -0.05) is 18.2 Å². The number of benzene rings is 1. The van der Waals surface area contributed by atoms with Crippen LogP contribution in [-0.4, -0.2) is 28.5 Å². The van der Waals surface area contributed by atoms with Gasteiger partial charge in [-0.3, -0.25) is 24.3 Å². The van der Waals surface area contributed by atoms with E-state index in [1.807, 2.05) is 0 Å². The number of pyridine rings is 1. The number of nitrogens with one attached hydrogen (secondary N) is 1. The molecule has 10 heteroatoms. The van der Waals surface area contributed by atoms with Crippen LogP contribution in [0.3, 0.4) is 0 Å². The van der Waals surface area contributed by atoms with E-state index in [4.69, 9.17) is 0 Å². The minimum atomic E-state index is -1.06. The van der Waals surface area contributed by atoms with Gasteiger partial charge in [0.15, 0.2) is 0 Å². The normalized spacial score (nSPS) is 10.2. The average Bonchev–Trinajstić information content (AvgIpc) is 2.61. The number of rotatable bonds is 6. The predicted octanol–water partition coefficient (Wildman–Crippen LogP) is 0.999. The van der Waals surface area contributed by atoms with Crippen molar-refractivity contribution < 1.29 is 23.6 Å². The van der Waals surface area contributed by atoms with Gasteiger partial charge in [-0.05, 0) is 6.07 Å². The smallest absolute Gasteiger partial charge is 0.343 e. The minimum Gasteiger partial charge on any atom is -0.465 e. The lowest BCUT2D eigenvalue weighted by Gasteiger charge is -2.09. The highest BCUT2D eigenvalue weighted by Gasteiger charge is 2.20. The number of carbonyl (C=O) groups is 2. The second kappa shape index (κ2) is 8.01. The monoisotopic (exact) mass is 363 g/mol. The Hall–Kier alpha value is -3.56. The van der Waals surface area contributed by atoms with E-state index in [0.717, 1.165) is 23.9 Å². The van der Waals surface area contributed by atoms with Crippen LogP contribution in [0.1, 0.15) is 15.9 Å². The second-order valence-corrected chi connectivity index (χ2v) is 5.16. The Morgan fingerprint density at radius 3 is 2.65 bits per heavy atom. The van der Waals surface area contributed by atoms with Crippen LogP contribution in [0.2, 0.25) is 0 Å². The third kappa shape index (κ3) is 4.29. The standard InChI is InChI=1S/C16H14FN3O6/c1-26-16(23)12-6-11(20(24)25)8-19(15(12)22)9-14(21)18-7-10-4-2-3-5-13(10)17/h2-6,8H,7,9H2,1H3,(H,18,21). The molecule has 0 unspecified atom stereocenters. The quantitative estimate of drug-likeness (QED) is 0.464. The maximum atomic E-state index is 13.5. The molecule has 1 amide bonds. The molecule has 1 aromatic carbocycles. The predicted molar refractivity (Wildman–Crippen MR) is 86.9 cm³/mol. The van der Waals surface area contributed by atoms with Crippen LogP contribution in [0.5, 0.6) is 0 Å². The van der Waals surface area contributed by atoms with Crippen molar-refractivity contribution in [3.63, 3.8) is 0 Å². The topological polar surface area (TPSA) is 121 Å². The van der Waals surface area contributed by atoms with E-state index in [1.165, 1.54) is 18.2 Å². The Bertz CT molecular complexity index is 924. The Morgan fingerprint density at radius 1 is 1.35 bits per heavy atom. The molecular formula is C16H14FN3O6. The van der Waals surface area contributed by atoms with Crippen molar-refractivity contribution in [3.8, 4) is 0 Å². The molecule has 0 aliphatic heterocycles. The number of esters is 1. The number of nitro groups is 1. The zero-order chi connectivity index (χ0) is 19.3. The Labute approximate surface area is 146 Å². The van der Waals surface area contributed by atoms with Crippen molar-refractivity contribution in [2.24, 2.45) is 0 Å². The number of hydrogen-bond donors (Lipinski definition) is 1. The van der Waals surface area contributed by atoms with Crippen LogP contribution < -0.4 is 10.9 Å². The highest BCUT2D eigenvalue weighted by atomic mass is 19.1. The SMILES string of the molecule is COC(=O)c1cc([N+](=O)[O-])cn(CC(=O)NCc2ccccc2F)c1=O. The van der Waals surface area contributed by atoms with Gasteiger partial charge in [0.05, 0.1) is 18.2 Å². The summed E-state index contributed by atoms with van der Waals surface area (Å²) in [5.74, 6) is -2.25. The first-order valence-corrected chi connectivity index (χ1v) is 7.30. The van der Waals surface area contributed by atoms with E-state index in [-0.39, 0.29) is 12.1 Å². The summed E-state index contributed by atoms with van der Waals surface area (Å²) < 4.78 is 18.7. The molecule has 0 aliphatic carbocycles. The summed E-state index contributed by atoms with van der Waals surface area (Å²) in [5.41, 5.74) is -1.79. The number of hydrogen-bond acceptors (Lipinski definition) is 6.